The molecule has 0 bridgehead atoms. The maximum absolute atomic E-state index is 12.6. The molecule has 24 heavy (non-hydrogen) atoms. The summed E-state index contributed by atoms with van der Waals surface area (Å²) < 4.78 is 0. The fourth-order valence-electron chi connectivity index (χ4n) is 3.12. The van der Waals surface area contributed by atoms with Crippen LogP contribution >= 0.6 is 0 Å². The predicted octanol–water partition coefficient (Wildman–Crippen LogP) is 3.87. The Balaban J connectivity index is 1.94. The number of nitrogens with one attached hydrogen (secondary N) is 2. The Morgan fingerprint density at radius 2 is 1.67 bits per heavy atom. The molecule has 5 heteroatoms. The number of nitrogens with zero attached hydrogens (tertiary/aromatic N) is 1. The lowest BCUT2D eigenvalue weighted by molar-refractivity contribution is 0.0679. The number of anilines is 1. The van der Waals surface area contributed by atoms with Crippen LogP contribution in [-0.4, -0.2) is 36.0 Å². The van der Waals surface area contributed by atoms with E-state index < -0.39 is 0 Å². The first-order chi connectivity index (χ1) is 11.4. The summed E-state index contributed by atoms with van der Waals surface area (Å²) >= 11 is 0. The van der Waals surface area contributed by atoms with Crippen molar-refractivity contribution in [1.82, 2.24) is 10.2 Å². The third-order valence-corrected chi connectivity index (χ3v) is 4.66. The largest absolute Gasteiger partial charge is 0.339 e. The molecule has 2 rings (SSSR count). The first kappa shape index (κ1) is 18.3. The van der Waals surface area contributed by atoms with Crippen LogP contribution in [0.25, 0.3) is 0 Å². The number of carbonyl (C=O) groups excluding carboxylic acids is 2. The van der Waals surface area contributed by atoms with Crippen molar-refractivity contribution in [3.63, 3.8) is 0 Å². The van der Waals surface area contributed by atoms with E-state index in [1.165, 1.54) is 12.8 Å². The normalized spacial score (nSPS) is 20.5. The van der Waals surface area contributed by atoms with Crippen molar-refractivity contribution < 1.29 is 9.59 Å². The lowest BCUT2D eigenvalue weighted by atomic mass is 9.86. The first-order valence-corrected chi connectivity index (χ1v) is 8.81. The van der Waals surface area contributed by atoms with Gasteiger partial charge in [0.15, 0.2) is 0 Å². The van der Waals surface area contributed by atoms with Gasteiger partial charge in [-0.25, -0.2) is 4.79 Å². The second kappa shape index (κ2) is 8.18. The van der Waals surface area contributed by atoms with E-state index >= 15 is 0 Å². The average Bonchev–Trinajstić information content (AvgIpc) is 2.54. The topological polar surface area (TPSA) is 61.4 Å². The third kappa shape index (κ3) is 4.98. The molecule has 0 radical (unpaired) electrons. The van der Waals surface area contributed by atoms with Gasteiger partial charge in [0.2, 0.25) is 0 Å². The average molecular weight is 331 g/mol. The summed E-state index contributed by atoms with van der Waals surface area (Å²) in [6.45, 7) is 6.09. The summed E-state index contributed by atoms with van der Waals surface area (Å²) in [6.07, 6.45) is 4.54. The summed E-state index contributed by atoms with van der Waals surface area (Å²) in [5, 5.41) is 5.53. The number of hydrogen-bond donors (Lipinski definition) is 2. The second-order valence-corrected chi connectivity index (χ2v) is 7.16. The molecule has 0 heterocycles. The molecule has 1 aliphatic carbocycles. The van der Waals surface area contributed by atoms with Gasteiger partial charge in [0.05, 0.1) is 0 Å². The standard InChI is InChI=1S/C19H29N3O2/c1-13(2)20-19(24)21-16-9-7-15(8-10-16)18(23)22(4)17-11-5-14(3)6-12-17/h7-10,13-14,17H,5-6,11-12H2,1-4H3,(H2,20,21,24). The van der Waals surface area contributed by atoms with Gasteiger partial charge in [-0.1, -0.05) is 6.92 Å². The molecule has 0 atom stereocenters. The zero-order valence-electron chi connectivity index (χ0n) is 15.1. The Morgan fingerprint density at radius 3 is 2.21 bits per heavy atom. The zero-order valence-corrected chi connectivity index (χ0v) is 15.1. The molecule has 0 saturated heterocycles. The Hall–Kier alpha value is -2.04. The molecule has 5 nitrogen and oxygen atoms in total. The second-order valence-electron chi connectivity index (χ2n) is 7.16. The van der Waals surface area contributed by atoms with Crippen LogP contribution in [0.4, 0.5) is 10.5 Å². The van der Waals surface area contributed by atoms with E-state index in [1.54, 1.807) is 24.3 Å². The minimum atomic E-state index is -0.238. The van der Waals surface area contributed by atoms with Gasteiger partial charge >= 0.3 is 6.03 Å². The molecule has 1 aromatic rings. The number of rotatable bonds is 4. The highest BCUT2D eigenvalue weighted by Crippen LogP contribution is 2.27. The highest BCUT2D eigenvalue weighted by atomic mass is 16.2. The van der Waals surface area contributed by atoms with Crippen molar-refractivity contribution in [3.05, 3.63) is 29.8 Å². The van der Waals surface area contributed by atoms with Gasteiger partial charge in [0.25, 0.3) is 5.91 Å². The van der Waals surface area contributed by atoms with Gasteiger partial charge in [-0.05, 0) is 69.7 Å². The Kier molecular flexibility index (Phi) is 6.23. The minimum Gasteiger partial charge on any atom is -0.339 e. The van der Waals surface area contributed by atoms with Crippen molar-refractivity contribution >= 4 is 17.6 Å². The molecule has 2 N–H and O–H groups in total. The number of hydrogen-bond acceptors (Lipinski definition) is 2. The lowest BCUT2D eigenvalue weighted by Crippen LogP contribution is -2.39. The van der Waals surface area contributed by atoms with E-state index in [2.05, 4.69) is 17.6 Å². The van der Waals surface area contributed by atoms with Crippen LogP contribution in [0.2, 0.25) is 0 Å². The monoisotopic (exact) mass is 331 g/mol. The smallest absolute Gasteiger partial charge is 0.319 e. The van der Waals surface area contributed by atoms with Crippen LogP contribution in [0, 0.1) is 5.92 Å². The van der Waals surface area contributed by atoms with E-state index in [-0.39, 0.29) is 18.0 Å². The van der Waals surface area contributed by atoms with E-state index in [1.807, 2.05) is 25.8 Å². The summed E-state index contributed by atoms with van der Waals surface area (Å²) in [5.41, 5.74) is 1.34. The van der Waals surface area contributed by atoms with Crippen LogP contribution in [0.3, 0.4) is 0 Å². The van der Waals surface area contributed by atoms with Crippen LogP contribution in [-0.2, 0) is 0 Å². The van der Waals surface area contributed by atoms with Gasteiger partial charge < -0.3 is 15.5 Å². The van der Waals surface area contributed by atoms with Gasteiger partial charge in [-0.2, -0.15) is 0 Å². The summed E-state index contributed by atoms with van der Waals surface area (Å²) in [5.74, 6) is 0.819. The van der Waals surface area contributed by atoms with E-state index in [9.17, 15) is 9.59 Å². The van der Waals surface area contributed by atoms with Crippen LogP contribution < -0.4 is 10.6 Å². The van der Waals surface area contributed by atoms with Gasteiger partial charge in [0.1, 0.15) is 0 Å². The molecular weight excluding hydrogens is 302 g/mol. The molecule has 1 fully saturated rings. The predicted molar refractivity (Wildman–Crippen MR) is 97.2 cm³/mol. The van der Waals surface area contributed by atoms with E-state index in [0.29, 0.717) is 17.3 Å². The Morgan fingerprint density at radius 1 is 1.08 bits per heavy atom. The fraction of sp³-hybridized carbons (Fsp3) is 0.579. The molecule has 132 valence electrons. The van der Waals surface area contributed by atoms with Crippen LogP contribution in [0.5, 0.6) is 0 Å². The molecule has 0 spiro atoms. The van der Waals surface area contributed by atoms with Crippen molar-refractivity contribution in [2.24, 2.45) is 5.92 Å². The molecule has 1 aromatic carbocycles. The summed E-state index contributed by atoms with van der Waals surface area (Å²) in [7, 11) is 1.89. The SMILES string of the molecule is CC1CCC(N(C)C(=O)c2ccc(NC(=O)NC(C)C)cc2)CC1. The lowest BCUT2D eigenvalue weighted by Gasteiger charge is -2.33. The minimum absolute atomic E-state index is 0.0488. The quantitative estimate of drug-likeness (QED) is 0.880. The Bertz CT molecular complexity index is 560. The summed E-state index contributed by atoms with van der Waals surface area (Å²) in [6, 6.07) is 7.26. The van der Waals surface area contributed by atoms with Gasteiger partial charge in [0, 0.05) is 30.4 Å². The fourth-order valence-corrected chi connectivity index (χ4v) is 3.12. The number of urea groups is 1. The van der Waals surface area contributed by atoms with Gasteiger partial charge in [-0.15, -0.1) is 0 Å². The van der Waals surface area contributed by atoms with Gasteiger partial charge in [-0.3, -0.25) is 4.79 Å². The Labute approximate surface area is 144 Å². The van der Waals surface area contributed by atoms with Crippen LogP contribution in [0.15, 0.2) is 24.3 Å². The maximum atomic E-state index is 12.6. The van der Waals surface area contributed by atoms with E-state index in [0.717, 1.165) is 18.8 Å². The summed E-state index contributed by atoms with van der Waals surface area (Å²) in [4.78, 5) is 26.2. The van der Waals surface area contributed by atoms with Crippen LogP contribution in [0.1, 0.15) is 56.8 Å². The number of amides is 3. The maximum Gasteiger partial charge on any atom is 0.319 e. The highest BCUT2D eigenvalue weighted by molar-refractivity contribution is 5.95. The zero-order chi connectivity index (χ0) is 17.7. The molecule has 3 amide bonds. The van der Waals surface area contributed by atoms with Crippen molar-refractivity contribution in [3.8, 4) is 0 Å². The number of carbonyl (C=O) groups is 2. The molecule has 1 saturated carbocycles. The third-order valence-electron chi connectivity index (χ3n) is 4.66. The molecule has 0 aliphatic heterocycles. The first-order valence-electron chi connectivity index (χ1n) is 8.81. The van der Waals surface area contributed by atoms with E-state index in [4.69, 9.17) is 0 Å². The van der Waals surface area contributed by atoms with Crippen molar-refractivity contribution in [2.45, 2.75) is 58.5 Å². The van der Waals surface area contributed by atoms with Crippen molar-refractivity contribution in [1.29, 1.82) is 0 Å². The molecule has 0 aromatic heterocycles. The highest BCUT2D eigenvalue weighted by Gasteiger charge is 2.25. The molecule has 0 unspecified atom stereocenters. The molecular formula is C19H29N3O2. The van der Waals surface area contributed by atoms with Crippen molar-refractivity contribution in [2.75, 3.05) is 12.4 Å². The number of benzene rings is 1. The molecule has 1 aliphatic rings.